The third-order valence-electron chi connectivity index (χ3n) is 3.97. The summed E-state index contributed by atoms with van der Waals surface area (Å²) >= 11 is 5.65. The Bertz CT molecular complexity index is 1030. The summed E-state index contributed by atoms with van der Waals surface area (Å²) in [5.74, 6) is 0.0477. The molecule has 0 fully saturated rings. The first-order chi connectivity index (χ1) is 12.3. The Hall–Kier alpha value is -2.16. The normalized spacial score (nSPS) is 11.8. The van der Waals surface area contributed by atoms with E-state index < -0.39 is 15.8 Å². The van der Waals surface area contributed by atoms with Gasteiger partial charge in [0.05, 0.1) is 34.0 Å². The molecule has 0 saturated heterocycles. The number of hydrogen-bond acceptors (Lipinski definition) is 4. The number of halogens is 2. The van der Waals surface area contributed by atoms with Gasteiger partial charge in [-0.15, -0.1) is 0 Å². The number of rotatable bonds is 6. The number of furan rings is 1. The van der Waals surface area contributed by atoms with Crippen molar-refractivity contribution in [1.82, 2.24) is 14.5 Å². The van der Waals surface area contributed by atoms with Gasteiger partial charge in [0.2, 0.25) is 10.0 Å². The first kappa shape index (κ1) is 18.6. The highest BCUT2D eigenvalue weighted by Gasteiger charge is 2.18. The fraction of sp³-hybridized carbons (Fsp3) is 0.235. The minimum absolute atomic E-state index is 0.0893. The van der Waals surface area contributed by atoms with Crippen molar-refractivity contribution in [3.05, 3.63) is 58.8 Å². The number of aryl methyl sites for hydroxylation is 1. The Labute approximate surface area is 155 Å². The van der Waals surface area contributed by atoms with E-state index in [4.69, 9.17) is 16.0 Å². The van der Waals surface area contributed by atoms with Crippen molar-refractivity contribution in [2.24, 2.45) is 0 Å². The van der Waals surface area contributed by atoms with Crippen LogP contribution >= 0.6 is 11.6 Å². The third kappa shape index (κ3) is 3.67. The number of hydrogen-bond donors (Lipinski definition) is 1. The predicted octanol–water partition coefficient (Wildman–Crippen LogP) is 3.53. The van der Waals surface area contributed by atoms with E-state index in [1.807, 2.05) is 19.9 Å². The zero-order chi connectivity index (χ0) is 18.9. The van der Waals surface area contributed by atoms with E-state index in [1.165, 1.54) is 6.07 Å². The quantitative estimate of drug-likeness (QED) is 0.690. The number of nitrogens with zero attached hydrogens (tertiary/aromatic N) is 2. The van der Waals surface area contributed by atoms with Crippen LogP contribution in [0.4, 0.5) is 4.39 Å². The molecule has 0 aliphatic heterocycles. The lowest BCUT2D eigenvalue weighted by atomic mass is 10.1. The standard InChI is InChI=1S/C17H17ClFN3O3S/c1-11-17(16-4-3-9-25-16)12(2)22(21-11)8-7-20-26(23,24)13-5-6-15(19)14(18)10-13/h3-6,9-10,20H,7-8H2,1-2H3. The van der Waals surface area contributed by atoms with Crippen LogP contribution in [0.1, 0.15) is 11.4 Å². The second kappa shape index (κ2) is 7.22. The zero-order valence-electron chi connectivity index (χ0n) is 14.2. The zero-order valence-corrected chi connectivity index (χ0v) is 15.7. The van der Waals surface area contributed by atoms with Crippen molar-refractivity contribution < 1.29 is 17.2 Å². The summed E-state index contributed by atoms with van der Waals surface area (Å²) < 4.78 is 47.4. The molecule has 0 spiro atoms. The second-order valence-electron chi connectivity index (χ2n) is 5.72. The van der Waals surface area contributed by atoms with Gasteiger partial charge in [0, 0.05) is 12.2 Å². The van der Waals surface area contributed by atoms with Gasteiger partial charge in [-0.3, -0.25) is 4.68 Å². The summed E-state index contributed by atoms with van der Waals surface area (Å²) in [6.45, 7) is 4.22. The van der Waals surface area contributed by atoms with E-state index in [-0.39, 0.29) is 16.5 Å². The topological polar surface area (TPSA) is 77.1 Å². The molecular formula is C17H17ClFN3O3S. The van der Waals surface area contributed by atoms with Gasteiger partial charge in [0.1, 0.15) is 11.6 Å². The highest BCUT2D eigenvalue weighted by Crippen LogP contribution is 2.27. The summed E-state index contributed by atoms with van der Waals surface area (Å²) in [6, 6.07) is 6.92. The van der Waals surface area contributed by atoms with E-state index in [0.29, 0.717) is 12.3 Å². The Morgan fingerprint density at radius 1 is 1.31 bits per heavy atom. The number of aromatic nitrogens is 2. The smallest absolute Gasteiger partial charge is 0.240 e. The van der Waals surface area contributed by atoms with Crippen molar-refractivity contribution in [2.75, 3.05) is 6.54 Å². The molecule has 1 aromatic carbocycles. The Kier molecular flexibility index (Phi) is 5.17. The molecule has 0 atom stereocenters. The maximum absolute atomic E-state index is 13.2. The first-order valence-corrected chi connectivity index (χ1v) is 9.68. The van der Waals surface area contributed by atoms with Crippen LogP contribution in [-0.4, -0.2) is 24.7 Å². The largest absolute Gasteiger partial charge is 0.464 e. The van der Waals surface area contributed by atoms with Gasteiger partial charge in [0.15, 0.2) is 0 Å². The van der Waals surface area contributed by atoms with Crippen LogP contribution in [0.3, 0.4) is 0 Å². The Balaban J connectivity index is 1.72. The molecule has 0 bridgehead atoms. The molecule has 6 nitrogen and oxygen atoms in total. The van der Waals surface area contributed by atoms with Crippen molar-refractivity contribution in [3.8, 4) is 11.3 Å². The maximum Gasteiger partial charge on any atom is 0.240 e. The molecule has 26 heavy (non-hydrogen) atoms. The summed E-state index contributed by atoms with van der Waals surface area (Å²) in [5.41, 5.74) is 2.57. The van der Waals surface area contributed by atoms with Gasteiger partial charge in [-0.05, 0) is 44.2 Å². The molecule has 0 amide bonds. The molecule has 0 aliphatic rings. The number of sulfonamides is 1. The van der Waals surface area contributed by atoms with E-state index in [0.717, 1.165) is 29.1 Å². The highest BCUT2D eigenvalue weighted by molar-refractivity contribution is 7.89. The summed E-state index contributed by atoms with van der Waals surface area (Å²) in [5, 5.41) is 4.19. The molecule has 3 rings (SSSR count). The fourth-order valence-electron chi connectivity index (χ4n) is 2.71. The van der Waals surface area contributed by atoms with Crippen molar-refractivity contribution in [1.29, 1.82) is 0 Å². The predicted molar refractivity (Wildman–Crippen MR) is 96.0 cm³/mol. The molecule has 0 radical (unpaired) electrons. The van der Waals surface area contributed by atoms with Crippen LogP contribution in [0.25, 0.3) is 11.3 Å². The van der Waals surface area contributed by atoms with Crippen LogP contribution < -0.4 is 4.72 Å². The lowest BCUT2D eigenvalue weighted by Crippen LogP contribution is -2.28. The van der Waals surface area contributed by atoms with Gasteiger partial charge in [0.25, 0.3) is 0 Å². The third-order valence-corrected chi connectivity index (χ3v) is 5.71. The van der Waals surface area contributed by atoms with Gasteiger partial charge in [-0.2, -0.15) is 5.10 Å². The maximum atomic E-state index is 13.2. The minimum Gasteiger partial charge on any atom is -0.464 e. The SMILES string of the molecule is Cc1nn(CCNS(=O)(=O)c2ccc(F)c(Cl)c2)c(C)c1-c1ccco1. The monoisotopic (exact) mass is 397 g/mol. The molecule has 2 aromatic heterocycles. The second-order valence-corrected chi connectivity index (χ2v) is 7.89. The van der Waals surface area contributed by atoms with Crippen LogP contribution in [0.2, 0.25) is 5.02 Å². The lowest BCUT2D eigenvalue weighted by Gasteiger charge is -2.09. The molecule has 2 heterocycles. The van der Waals surface area contributed by atoms with Crippen LogP contribution in [0.15, 0.2) is 45.9 Å². The van der Waals surface area contributed by atoms with Gasteiger partial charge in [-0.25, -0.2) is 17.5 Å². The van der Waals surface area contributed by atoms with Gasteiger partial charge < -0.3 is 4.42 Å². The molecule has 1 N–H and O–H groups in total. The highest BCUT2D eigenvalue weighted by atomic mass is 35.5. The van der Waals surface area contributed by atoms with E-state index in [2.05, 4.69) is 9.82 Å². The molecule has 138 valence electrons. The summed E-state index contributed by atoms with van der Waals surface area (Å²) in [6.07, 6.45) is 1.59. The van der Waals surface area contributed by atoms with Crippen LogP contribution in [-0.2, 0) is 16.6 Å². The summed E-state index contributed by atoms with van der Waals surface area (Å²) in [4.78, 5) is -0.0893. The Morgan fingerprint density at radius 2 is 2.08 bits per heavy atom. The van der Waals surface area contributed by atoms with Crippen LogP contribution in [0.5, 0.6) is 0 Å². The van der Waals surface area contributed by atoms with Crippen molar-refractivity contribution >= 4 is 21.6 Å². The number of benzene rings is 1. The van der Waals surface area contributed by atoms with E-state index in [1.54, 1.807) is 17.0 Å². The molecule has 9 heteroatoms. The van der Waals surface area contributed by atoms with Gasteiger partial charge >= 0.3 is 0 Å². The summed E-state index contributed by atoms with van der Waals surface area (Å²) in [7, 11) is -3.79. The average Bonchev–Trinajstić information content (AvgIpc) is 3.18. The van der Waals surface area contributed by atoms with E-state index in [9.17, 15) is 12.8 Å². The molecule has 0 unspecified atom stereocenters. The minimum atomic E-state index is -3.79. The average molecular weight is 398 g/mol. The Morgan fingerprint density at radius 3 is 2.73 bits per heavy atom. The molecular weight excluding hydrogens is 381 g/mol. The van der Waals surface area contributed by atoms with Crippen molar-refractivity contribution in [3.63, 3.8) is 0 Å². The number of nitrogens with one attached hydrogen (secondary N) is 1. The molecule has 0 aliphatic carbocycles. The van der Waals surface area contributed by atoms with E-state index >= 15 is 0 Å². The lowest BCUT2D eigenvalue weighted by molar-refractivity contribution is 0.553. The first-order valence-electron chi connectivity index (χ1n) is 7.82. The van der Waals surface area contributed by atoms with Crippen LogP contribution in [0, 0.1) is 19.7 Å². The molecule has 3 aromatic rings. The van der Waals surface area contributed by atoms with Gasteiger partial charge in [-0.1, -0.05) is 11.6 Å². The molecule has 0 saturated carbocycles. The fourth-order valence-corrected chi connectivity index (χ4v) is 4.00. The van der Waals surface area contributed by atoms with Crippen molar-refractivity contribution in [2.45, 2.75) is 25.3 Å².